The first-order valence-electron chi connectivity index (χ1n) is 20.1. The van der Waals surface area contributed by atoms with Gasteiger partial charge in [-0.15, -0.1) is 0 Å². The van der Waals surface area contributed by atoms with Crippen molar-refractivity contribution < 1.29 is 26.3 Å². The highest BCUT2D eigenvalue weighted by Gasteiger charge is 2.32. The van der Waals surface area contributed by atoms with E-state index in [1.807, 2.05) is 146 Å². The van der Waals surface area contributed by atoms with Crippen LogP contribution >= 0.6 is 0 Å². The van der Waals surface area contributed by atoms with Crippen molar-refractivity contribution in [3.63, 3.8) is 0 Å². The number of nitrogens with zero attached hydrogens (tertiary/aromatic N) is 3. The molecule has 0 unspecified atom stereocenters. The summed E-state index contributed by atoms with van der Waals surface area (Å²) in [6.45, 7) is 0. The van der Waals surface area contributed by atoms with E-state index in [1.165, 1.54) is 24.3 Å². The van der Waals surface area contributed by atoms with Gasteiger partial charge in [0, 0.05) is 38.6 Å². The van der Waals surface area contributed by atoms with Crippen LogP contribution in [0.3, 0.4) is 0 Å². The molecule has 0 spiro atoms. The van der Waals surface area contributed by atoms with Crippen LogP contribution < -0.4 is 0 Å². The summed E-state index contributed by atoms with van der Waals surface area (Å²) >= 11 is 0. The zero-order valence-electron chi connectivity index (χ0n) is 33.2. The third-order valence-electron chi connectivity index (χ3n) is 11.3. The average Bonchev–Trinajstić information content (AvgIpc) is 3.64. The summed E-state index contributed by atoms with van der Waals surface area (Å²) < 4.78 is 86.5. The molecule has 3 nitrogen and oxygen atoms in total. The molecule has 306 valence electrons. The van der Waals surface area contributed by atoms with Crippen molar-refractivity contribution in [2.24, 2.45) is 0 Å². The van der Waals surface area contributed by atoms with Crippen molar-refractivity contribution in [1.82, 2.24) is 14.5 Å². The van der Waals surface area contributed by atoms with Gasteiger partial charge >= 0.3 is 12.4 Å². The fourth-order valence-corrected chi connectivity index (χ4v) is 8.24. The second-order valence-electron chi connectivity index (χ2n) is 15.2. The minimum atomic E-state index is -4.59. The number of fused-ring (bicyclic) bond motifs is 3. The zero-order chi connectivity index (χ0) is 43.3. The maximum Gasteiger partial charge on any atom is 0.416 e. The first kappa shape index (κ1) is 39.4. The first-order chi connectivity index (χ1) is 30.5. The molecule has 0 amide bonds. The molecule has 0 aliphatic carbocycles. The second kappa shape index (κ2) is 15.6. The normalized spacial score (nSPS) is 12.0. The number of aromatic nitrogens is 3. The third-order valence-corrected chi connectivity index (χ3v) is 11.3. The maximum absolute atomic E-state index is 14.1. The molecule has 0 saturated carbocycles. The van der Waals surface area contributed by atoms with Gasteiger partial charge in [0.15, 0.2) is 5.82 Å². The number of halogens is 6. The standard InChI is InChI=1S/C54H33F6N3/c55-53(56,57)41-25-20-35(21-26-41)44-31-40(52-61-47(37-14-6-2-7-15-37)33-48(62-52)38-16-8-3-9-17-38)32-45(36-22-27-42(28-23-36)54(58,59)60)51(44)63-49-19-11-10-18-43(49)46-30-39(24-29-50(46)63)34-12-4-1-5-13-34/h1-33H. The van der Waals surface area contributed by atoms with Gasteiger partial charge in [-0.25, -0.2) is 9.97 Å². The van der Waals surface area contributed by atoms with E-state index in [1.54, 1.807) is 0 Å². The molecule has 2 heterocycles. The van der Waals surface area contributed by atoms with E-state index in [9.17, 15) is 26.3 Å². The predicted octanol–water partition coefficient (Wildman–Crippen LogP) is 15.6. The summed E-state index contributed by atoms with van der Waals surface area (Å²) in [4.78, 5) is 10.2. The molecular weight excluding hydrogens is 805 g/mol. The number of para-hydroxylation sites is 1. The Kier molecular flexibility index (Phi) is 9.75. The lowest BCUT2D eigenvalue weighted by Crippen LogP contribution is -2.06. The van der Waals surface area contributed by atoms with Crippen LogP contribution in [0, 0.1) is 0 Å². The minimum absolute atomic E-state index is 0.317. The summed E-state index contributed by atoms with van der Waals surface area (Å²) in [6.07, 6.45) is -9.17. The van der Waals surface area contributed by atoms with Gasteiger partial charge in [-0.3, -0.25) is 0 Å². The molecule has 10 aromatic rings. The highest BCUT2D eigenvalue weighted by Crippen LogP contribution is 2.45. The van der Waals surface area contributed by atoms with Crippen molar-refractivity contribution >= 4 is 21.8 Å². The zero-order valence-corrected chi connectivity index (χ0v) is 33.2. The maximum atomic E-state index is 14.1. The first-order valence-corrected chi connectivity index (χ1v) is 20.1. The Morgan fingerprint density at radius 2 is 0.762 bits per heavy atom. The number of rotatable bonds is 7. The van der Waals surface area contributed by atoms with Crippen molar-refractivity contribution in [2.75, 3.05) is 0 Å². The molecule has 10 rings (SSSR count). The summed E-state index contributed by atoms with van der Waals surface area (Å²) in [5.74, 6) is 0.317. The van der Waals surface area contributed by atoms with Gasteiger partial charge in [-0.1, -0.05) is 140 Å². The van der Waals surface area contributed by atoms with Crippen molar-refractivity contribution in [3.05, 3.63) is 211 Å². The van der Waals surface area contributed by atoms with Gasteiger partial charge in [0.2, 0.25) is 0 Å². The lowest BCUT2D eigenvalue weighted by Gasteiger charge is -2.22. The van der Waals surface area contributed by atoms with E-state index < -0.39 is 23.5 Å². The molecule has 8 aromatic carbocycles. The van der Waals surface area contributed by atoms with Crippen LogP contribution in [-0.4, -0.2) is 14.5 Å². The summed E-state index contributed by atoms with van der Waals surface area (Å²) in [5, 5.41) is 1.83. The lowest BCUT2D eigenvalue weighted by molar-refractivity contribution is -0.138. The Morgan fingerprint density at radius 1 is 0.333 bits per heavy atom. The monoisotopic (exact) mass is 837 g/mol. The van der Waals surface area contributed by atoms with Gasteiger partial charge in [0.05, 0.1) is 39.2 Å². The van der Waals surface area contributed by atoms with Crippen LogP contribution in [0.1, 0.15) is 11.1 Å². The molecular formula is C54H33F6N3. The third kappa shape index (κ3) is 7.52. The predicted molar refractivity (Wildman–Crippen MR) is 239 cm³/mol. The van der Waals surface area contributed by atoms with E-state index in [4.69, 9.17) is 9.97 Å². The number of hydrogen-bond acceptors (Lipinski definition) is 2. The fourth-order valence-electron chi connectivity index (χ4n) is 8.24. The van der Waals surface area contributed by atoms with Gasteiger partial charge in [-0.2, -0.15) is 26.3 Å². The molecule has 63 heavy (non-hydrogen) atoms. The van der Waals surface area contributed by atoms with Crippen LogP contribution in [0.15, 0.2) is 200 Å². The Morgan fingerprint density at radius 3 is 1.25 bits per heavy atom. The fraction of sp³-hybridized carbons (Fsp3) is 0.0370. The Labute approximate surface area is 358 Å². The molecule has 0 fully saturated rings. The molecule has 0 radical (unpaired) electrons. The number of hydrogen-bond donors (Lipinski definition) is 0. The van der Waals surface area contributed by atoms with E-state index >= 15 is 0 Å². The van der Waals surface area contributed by atoms with Crippen LogP contribution in [0.5, 0.6) is 0 Å². The lowest BCUT2D eigenvalue weighted by atomic mass is 9.91. The van der Waals surface area contributed by atoms with Gasteiger partial charge in [0.1, 0.15) is 0 Å². The van der Waals surface area contributed by atoms with Gasteiger partial charge in [0.25, 0.3) is 0 Å². The Bertz CT molecular complexity index is 3130. The SMILES string of the molecule is FC(F)(F)c1ccc(-c2cc(-c3nc(-c4ccccc4)cc(-c4ccccc4)n3)cc(-c3ccc(C(F)(F)F)cc3)c2-n2c3ccccc3c3cc(-c4ccccc4)ccc32)cc1. The average molecular weight is 838 g/mol. The van der Waals surface area contributed by atoms with Crippen molar-refractivity contribution in [1.29, 1.82) is 0 Å². The van der Waals surface area contributed by atoms with E-state index in [0.717, 1.165) is 68.3 Å². The largest absolute Gasteiger partial charge is 0.416 e. The van der Waals surface area contributed by atoms with Crippen molar-refractivity contribution in [3.8, 4) is 73.0 Å². The number of benzene rings is 8. The Hall–Kier alpha value is -7.78. The Balaban J connectivity index is 1.32. The summed E-state index contributed by atoms with van der Waals surface area (Å²) in [7, 11) is 0. The molecule has 2 aromatic heterocycles. The summed E-state index contributed by atoms with van der Waals surface area (Å²) in [6, 6.07) is 58.7. The molecule has 0 aliphatic rings. The minimum Gasteiger partial charge on any atom is -0.308 e. The highest BCUT2D eigenvalue weighted by molar-refractivity contribution is 6.12. The summed E-state index contributed by atoms with van der Waals surface area (Å²) in [5.41, 5.74) is 7.87. The van der Waals surface area contributed by atoms with Crippen LogP contribution in [0.25, 0.3) is 94.8 Å². The quantitative estimate of drug-likeness (QED) is 0.150. The number of alkyl halides is 6. The van der Waals surface area contributed by atoms with Crippen LogP contribution in [0.2, 0.25) is 0 Å². The smallest absolute Gasteiger partial charge is 0.308 e. The van der Waals surface area contributed by atoms with Gasteiger partial charge < -0.3 is 4.57 Å². The molecule has 0 bridgehead atoms. The van der Waals surface area contributed by atoms with E-state index in [2.05, 4.69) is 10.6 Å². The van der Waals surface area contributed by atoms with E-state index in [0.29, 0.717) is 50.7 Å². The van der Waals surface area contributed by atoms with Crippen molar-refractivity contribution in [2.45, 2.75) is 12.4 Å². The molecule has 0 saturated heterocycles. The molecule has 9 heteroatoms. The van der Waals surface area contributed by atoms with Crippen LogP contribution in [-0.2, 0) is 12.4 Å². The van der Waals surface area contributed by atoms with Gasteiger partial charge in [-0.05, 0) is 82.9 Å². The molecule has 0 N–H and O–H groups in total. The van der Waals surface area contributed by atoms with Crippen LogP contribution in [0.4, 0.5) is 26.3 Å². The second-order valence-corrected chi connectivity index (χ2v) is 15.2. The molecule has 0 aliphatic heterocycles. The topological polar surface area (TPSA) is 30.7 Å². The van der Waals surface area contributed by atoms with E-state index in [-0.39, 0.29) is 0 Å². The highest BCUT2D eigenvalue weighted by atomic mass is 19.4. The molecule has 0 atom stereocenters.